The van der Waals surface area contributed by atoms with Gasteiger partial charge >= 0.3 is 5.97 Å². The van der Waals surface area contributed by atoms with Gasteiger partial charge in [-0.2, -0.15) is 0 Å². The number of ether oxygens (including phenoxy) is 1. The minimum atomic E-state index is -0.509. The Kier molecular flexibility index (Phi) is 7.85. The molecule has 1 aromatic carbocycles. The lowest BCUT2D eigenvalue weighted by Gasteiger charge is -2.08. The van der Waals surface area contributed by atoms with Crippen LogP contribution in [0.5, 0.6) is 0 Å². The van der Waals surface area contributed by atoms with Gasteiger partial charge in [-0.1, -0.05) is 25.5 Å². The number of nitro benzene ring substituents is 1. The molecule has 0 heterocycles. The third-order valence-electron chi connectivity index (χ3n) is 3.08. The van der Waals surface area contributed by atoms with Crippen LogP contribution in [0.3, 0.4) is 0 Å². The molecule has 6 heteroatoms. The van der Waals surface area contributed by atoms with Gasteiger partial charge in [0.05, 0.1) is 10.5 Å². The van der Waals surface area contributed by atoms with E-state index in [1.165, 1.54) is 24.3 Å². The zero-order valence-electron chi connectivity index (χ0n) is 12.8. The predicted octanol–water partition coefficient (Wildman–Crippen LogP) is 3.09. The van der Waals surface area contributed by atoms with Crippen LogP contribution in [0.4, 0.5) is 5.69 Å². The van der Waals surface area contributed by atoms with Gasteiger partial charge in [-0.25, -0.2) is 4.79 Å². The Hall–Kier alpha value is -2.21. The maximum atomic E-state index is 11.7. The molecular formula is C16H22N2O4. The van der Waals surface area contributed by atoms with Gasteiger partial charge in [-0.05, 0) is 25.0 Å². The minimum Gasteiger partial charge on any atom is -0.461 e. The van der Waals surface area contributed by atoms with Crippen LogP contribution in [0, 0.1) is 10.1 Å². The van der Waals surface area contributed by atoms with Crippen molar-refractivity contribution in [2.75, 3.05) is 19.7 Å². The molecule has 1 rings (SSSR count). The summed E-state index contributed by atoms with van der Waals surface area (Å²) >= 11 is 0. The van der Waals surface area contributed by atoms with Crippen LogP contribution in [-0.2, 0) is 4.74 Å². The zero-order chi connectivity index (χ0) is 16.4. The Morgan fingerprint density at radius 2 is 2.05 bits per heavy atom. The van der Waals surface area contributed by atoms with Crippen LogP contribution < -0.4 is 5.32 Å². The summed E-state index contributed by atoms with van der Waals surface area (Å²) in [5.74, 6) is -0.485. The molecule has 0 atom stereocenters. The van der Waals surface area contributed by atoms with E-state index in [-0.39, 0.29) is 12.3 Å². The Bertz CT molecular complexity index is 511. The third-order valence-corrected chi connectivity index (χ3v) is 3.08. The number of carbonyl (C=O) groups excluding carboxylic acids is 1. The number of benzene rings is 1. The second-order valence-corrected chi connectivity index (χ2v) is 4.97. The van der Waals surface area contributed by atoms with Crippen LogP contribution in [0.2, 0.25) is 0 Å². The van der Waals surface area contributed by atoms with Crippen molar-refractivity contribution in [3.8, 4) is 0 Å². The predicted molar refractivity (Wildman–Crippen MR) is 84.9 cm³/mol. The summed E-state index contributed by atoms with van der Waals surface area (Å²) in [6, 6.07) is 5.35. The van der Waals surface area contributed by atoms with Crippen LogP contribution in [-0.4, -0.2) is 30.6 Å². The van der Waals surface area contributed by atoms with Crippen LogP contribution in [0.25, 0.3) is 0 Å². The molecule has 0 spiro atoms. The first-order valence-electron chi connectivity index (χ1n) is 7.33. The molecule has 1 aromatic rings. The highest BCUT2D eigenvalue weighted by Gasteiger charge is 2.10. The zero-order valence-corrected chi connectivity index (χ0v) is 12.8. The minimum absolute atomic E-state index is 0.0520. The lowest BCUT2D eigenvalue weighted by atomic mass is 10.1. The number of esters is 1. The van der Waals surface area contributed by atoms with Crippen molar-refractivity contribution in [2.24, 2.45) is 0 Å². The number of hydrogen-bond acceptors (Lipinski definition) is 5. The van der Waals surface area contributed by atoms with E-state index in [9.17, 15) is 14.9 Å². The van der Waals surface area contributed by atoms with Gasteiger partial charge < -0.3 is 10.1 Å². The van der Waals surface area contributed by atoms with Crippen molar-refractivity contribution in [1.82, 2.24) is 5.32 Å². The first-order valence-corrected chi connectivity index (χ1v) is 7.33. The topological polar surface area (TPSA) is 81.5 Å². The molecule has 22 heavy (non-hydrogen) atoms. The molecule has 0 saturated heterocycles. The molecule has 0 radical (unpaired) electrons. The molecule has 0 fully saturated rings. The second kappa shape index (κ2) is 9.68. The molecule has 6 nitrogen and oxygen atoms in total. The van der Waals surface area contributed by atoms with Crippen molar-refractivity contribution in [3.05, 3.63) is 52.1 Å². The standard InChI is InChI=1S/C16H22N2O4/c1-3-4-5-13(2)12-17-10-11-22-16(19)14-6-8-15(9-7-14)18(20)21/h6-9,17H,2-5,10-12H2,1H3. The SMILES string of the molecule is C=C(CCCC)CNCCOC(=O)c1ccc([N+](=O)[O-])cc1. The van der Waals surface area contributed by atoms with E-state index >= 15 is 0 Å². The van der Waals surface area contributed by atoms with E-state index in [4.69, 9.17) is 4.74 Å². The number of carbonyl (C=O) groups is 1. The van der Waals surface area contributed by atoms with Crippen LogP contribution >= 0.6 is 0 Å². The fourth-order valence-corrected chi connectivity index (χ4v) is 1.80. The first-order chi connectivity index (χ1) is 10.5. The molecule has 0 aromatic heterocycles. The quantitative estimate of drug-likeness (QED) is 0.236. The van der Waals surface area contributed by atoms with Gasteiger partial charge in [0.2, 0.25) is 0 Å². The molecule has 0 saturated carbocycles. The molecule has 1 N–H and O–H groups in total. The number of non-ortho nitro benzene ring substituents is 1. The van der Waals surface area contributed by atoms with E-state index < -0.39 is 10.9 Å². The van der Waals surface area contributed by atoms with E-state index in [2.05, 4.69) is 18.8 Å². The van der Waals surface area contributed by atoms with Crippen molar-refractivity contribution in [1.29, 1.82) is 0 Å². The van der Waals surface area contributed by atoms with Gasteiger partial charge in [0, 0.05) is 25.2 Å². The maximum Gasteiger partial charge on any atom is 0.338 e. The van der Waals surface area contributed by atoms with E-state index in [1.54, 1.807) is 0 Å². The number of nitro groups is 1. The molecule has 0 aliphatic rings. The molecular weight excluding hydrogens is 284 g/mol. The van der Waals surface area contributed by atoms with Crippen molar-refractivity contribution >= 4 is 11.7 Å². The summed E-state index contributed by atoms with van der Waals surface area (Å²) < 4.78 is 5.09. The average molecular weight is 306 g/mol. The summed E-state index contributed by atoms with van der Waals surface area (Å²) in [5, 5.41) is 13.7. The Morgan fingerprint density at radius 1 is 1.36 bits per heavy atom. The molecule has 0 bridgehead atoms. The molecule has 0 amide bonds. The van der Waals surface area contributed by atoms with Gasteiger partial charge in [0.1, 0.15) is 6.61 Å². The van der Waals surface area contributed by atoms with Crippen molar-refractivity contribution in [3.63, 3.8) is 0 Å². The number of rotatable bonds is 10. The smallest absolute Gasteiger partial charge is 0.338 e. The van der Waals surface area contributed by atoms with Crippen molar-refractivity contribution < 1.29 is 14.5 Å². The number of nitrogens with one attached hydrogen (secondary N) is 1. The highest BCUT2D eigenvalue weighted by atomic mass is 16.6. The Morgan fingerprint density at radius 3 is 2.64 bits per heavy atom. The summed E-state index contributed by atoms with van der Waals surface area (Å²) in [4.78, 5) is 21.7. The van der Waals surface area contributed by atoms with Gasteiger partial charge in [-0.3, -0.25) is 10.1 Å². The van der Waals surface area contributed by atoms with E-state index in [0.717, 1.165) is 31.4 Å². The normalized spacial score (nSPS) is 10.2. The van der Waals surface area contributed by atoms with Gasteiger partial charge in [0.25, 0.3) is 5.69 Å². The fraction of sp³-hybridized carbons (Fsp3) is 0.438. The summed E-state index contributed by atoms with van der Waals surface area (Å²) in [7, 11) is 0. The number of hydrogen-bond donors (Lipinski definition) is 1. The summed E-state index contributed by atoms with van der Waals surface area (Å²) in [5.41, 5.74) is 1.39. The van der Waals surface area contributed by atoms with E-state index in [0.29, 0.717) is 12.1 Å². The van der Waals surface area contributed by atoms with Gasteiger partial charge in [-0.15, -0.1) is 0 Å². The molecule has 0 aliphatic carbocycles. The Balaban J connectivity index is 2.23. The second-order valence-electron chi connectivity index (χ2n) is 4.97. The number of unbranched alkanes of at least 4 members (excludes halogenated alkanes) is 1. The average Bonchev–Trinajstić information content (AvgIpc) is 2.52. The molecule has 120 valence electrons. The largest absolute Gasteiger partial charge is 0.461 e. The lowest BCUT2D eigenvalue weighted by molar-refractivity contribution is -0.384. The summed E-state index contributed by atoms with van der Waals surface area (Å²) in [6.07, 6.45) is 3.29. The highest BCUT2D eigenvalue weighted by Crippen LogP contribution is 2.12. The highest BCUT2D eigenvalue weighted by molar-refractivity contribution is 5.89. The Labute approximate surface area is 130 Å². The fourth-order valence-electron chi connectivity index (χ4n) is 1.80. The molecule has 0 unspecified atom stereocenters. The number of nitrogens with zero attached hydrogens (tertiary/aromatic N) is 1. The summed E-state index contributed by atoms with van der Waals surface area (Å²) in [6.45, 7) is 7.62. The van der Waals surface area contributed by atoms with Crippen LogP contribution in [0.1, 0.15) is 36.5 Å². The monoisotopic (exact) mass is 306 g/mol. The van der Waals surface area contributed by atoms with Gasteiger partial charge in [0.15, 0.2) is 0 Å². The van der Waals surface area contributed by atoms with E-state index in [1.807, 2.05) is 0 Å². The third kappa shape index (κ3) is 6.49. The van der Waals surface area contributed by atoms with Crippen molar-refractivity contribution in [2.45, 2.75) is 26.2 Å². The first kappa shape index (κ1) is 17.8. The maximum absolute atomic E-state index is 11.7. The van der Waals surface area contributed by atoms with Crippen LogP contribution in [0.15, 0.2) is 36.4 Å². The molecule has 0 aliphatic heterocycles. The lowest BCUT2D eigenvalue weighted by Crippen LogP contribution is -2.23.